The quantitative estimate of drug-likeness (QED) is 0.526. The molecule has 1 aliphatic heterocycles. The highest BCUT2D eigenvalue weighted by Crippen LogP contribution is 2.42. The van der Waals surface area contributed by atoms with Crippen LogP contribution in [-0.2, 0) is 0 Å². The summed E-state index contributed by atoms with van der Waals surface area (Å²) in [6, 6.07) is 0.899. The fraction of sp³-hybridized carbons (Fsp3) is 1.00. The van der Waals surface area contributed by atoms with Crippen LogP contribution in [0.1, 0.15) is 39.0 Å². The van der Waals surface area contributed by atoms with Gasteiger partial charge in [-0.3, -0.25) is 0 Å². The van der Waals surface area contributed by atoms with Crippen molar-refractivity contribution in [3.05, 3.63) is 0 Å². The summed E-state index contributed by atoms with van der Waals surface area (Å²) in [4.78, 5) is 0. The van der Waals surface area contributed by atoms with Gasteiger partial charge in [-0.15, -0.1) is 0 Å². The summed E-state index contributed by atoms with van der Waals surface area (Å²) < 4.78 is 2.57. The van der Waals surface area contributed by atoms with E-state index < -0.39 is 0 Å². The first-order chi connectivity index (χ1) is 5.83. The molecular weight excluding hydrogens is 261 g/mol. The smallest absolute Gasteiger partial charge is 0.0223 e. The first kappa shape index (κ1) is 9.25. The van der Waals surface area contributed by atoms with Crippen LogP contribution in [0.2, 0.25) is 0 Å². The van der Waals surface area contributed by atoms with Gasteiger partial charge < -0.3 is 0 Å². The molecule has 3 atom stereocenters. The lowest BCUT2D eigenvalue weighted by molar-refractivity contribution is 0.255. The van der Waals surface area contributed by atoms with Gasteiger partial charge in [0.05, 0.1) is 0 Å². The van der Waals surface area contributed by atoms with Gasteiger partial charge in [0.2, 0.25) is 0 Å². The third-order valence-corrected chi connectivity index (χ3v) is 4.76. The first-order valence-electron chi connectivity index (χ1n) is 5.25. The van der Waals surface area contributed by atoms with Crippen LogP contribution in [0.25, 0.3) is 0 Å². The molecule has 1 saturated carbocycles. The van der Waals surface area contributed by atoms with Crippen molar-refractivity contribution in [1.82, 2.24) is 3.11 Å². The van der Waals surface area contributed by atoms with E-state index in [0.717, 1.165) is 17.9 Å². The molecule has 2 rings (SSSR count). The van der Waals surface area contributed by atoms with Gasteiger partial charge in [0.1, 0.15) is 0 Å². The van der Waals surface area contributed by atoms with Crippen LogP contribution in [0.4, 0.5) is 0 Å². The Morgan fingerprint density at radius 3 is 2.83 bits per heavy atom. The molecule has 2 heteroatoms. The predicted molar refractivity (Wildman–Crippen MR) is 60.3 cm³/mol. The molecule has 12 heavy (non-hydrogen) atoms. The number of halogens is 1. The minimum atomic E-state index is 0.899. The van der Waals surface area contributed by atoms with Gasteiger partial charge in [-0.25, -0.2) is 3.11 Å². The Morgan fingerprint density at radius 1 is 1.33 bits per heavy atom. The summed E-state index contributed by atoms with van der Waals surface area (Å²) in [6.07, 6.45) is 7.33. The van der Waals surface area contributed by atoms with E-state index >= 15 is 0 Å². The molecular formula is C10H18IN. The summed E-state index contributed by atoms with van der Waals surface area (Å²) >= 11 is 2.53. The van der Waals surface area contributed by atoms with Gasteiger partial charge >= 0.3 is 0 Å². The van der Waals surface area contributed by atoms with Crippen molar-refractivity contribution in [1.29, 1.82) is 0 Å². The molecule has 0 amide bonds. The molecule has 0 aromatic carbocycles. The molecule has 0 aromatic rings. The zero-order valence-corrected chi connectivity index (χ0v) is 9.96. The summed E-state index contributed by atoms with van der Waals surface area (Å²) in [7, 11) is 0. The Morgan fingerprint density at radius 2 is 2.08 bits per heavy atom. The molecule has 0 N–H and O–H groups in total. The van der Waals surface area contributed by atoms with Crippen LogP contribution in [-0.4, -0.2) is 15.7 Å². The standard InChI is InChI=1S/C10H18IN/c1-2-10-9-6-4-3-5-8(9)7-12(10)11/h8-10H,2-7H2,1H3/t8-,9-,10+/m1/s1. The SMILES string of the molecule is CC[C@H]1[C@@H]2CCCC[C@@H]2CN1I. The highest BCUT2D eigenvalue weighted by molar-refractivity contribution is 14.1. The minimum absolute atomic E-state index is 0.899. The van der Waals surface area contributed by atoms with E-state index in [4.69, 9.17) is 0 Å². The highest BCUT2D eigenvalue weighted by atomic mass is 127. The molecule has 70 valence electrons. The first-order valence-corrected chi connectivity index (χ1v) is 6.22. The van der Waals surface area contributed by atoms with Gasteiger partial charge in [-0.2, -0.15) is 0 Å². The normalized spacial score (nSPS) is 43.0. The summed E-state index contributed by atoms with van der Waals surface area (Å²) in [5, 5.41) is 0. The number of hydrogen-bond donors (Lipinski definition) is 0. The molecule has 0 unspecified atom stereocenters. The fourth-order valence-corrected chi connectivity index (χ4v) is 4.35. The molecule has 0 spiro atoms. The average molecular weight is 279 g/mol. The van der Waals surface area contributed by atoms with Crippen LogP contribution >= 0.6 is 22.9 Å². The lowest BCUT2D eigenvalue weighted by Crippen LogP contribution is -2.26. The Labute approximate surface area is 89.4 Å². The second-order valence-corrected chi connectivity index (χ2v) is 5.51. The molecule has 0 bridgehead atoms. The maximum atomic E-state index is 2.57. The van der Waals surface area contributed by atoms with E-state index in [1.165, 1.54) is 38.6 Å². The maximum absolute atomic E-state index is 2.57. The van der Waals surface area contributed by atoms with Crippen LogP contribution in [0, 0.1) is 11.8 Å². The minimum Gasteiger partial charge on any atom is -0.244 e. The largest absolute Gasteiger partial charge is 0.244 e. The zero-order chi connectivity index (χ0) is 8.55. The van der Waals surface area contributed by atoms with Crippen LogP contribution in [0.5, 0.6) is 0 Å². The van der Waals surface area contributed by atoms with E-state index in [-0.39, 0.29) is 0 Å². The topological polar surface area (TPSA) is 3.24 Å². The Bertz CT molecular complexity index is 160. The van der Waals surface area contributed by atoms with Crippen molar-refractivity contribution in [3.63, 3.8) is 0 Å². The molecule has 2 fully saturated rings. The third-order valence-electron chi connectivity index (χ3n) is 3.65. The molecule has 1 nitrogen and oxygen atoms in total. The second-order valence-electron chi connectivity index (χ2n) is 4.27. The lowest BCUT2D eigenvalue weighted by atomic mass is 9.78. The molecule has 2 aliphatic rings. The number of nitrogens with zero attached hydrogens (tertiary/aromatic N) is 1. The van der Waals surface area contributed by atoms with Crippen molar-refractivity contribution < 1.29 is 0 Å². The van der Waals surface area contributed by atoms with Crippen LogP contribution in [0.15, 0.2) is 0 Å². The van der Waals surface area contributed by atoms with Crippen molar-refractivity contribution in [2.75, 3.05) is 6.54 Å². The molecule has 1 heterocycles. The highest BCUT2D eigenvalue weighted by Gasteiger charge is 2.40. The van der Waals surface area contributed by atoms with Gasteiger partial charge in [-0.05, 0) is 31.1 Å². The van der Waals surface area contributed by atoms with Gasteiger partial charge in [-0.1, -0.05) is 19.8 Å². The Balaban J connectivity index is 2.05. The monoisotopic (exact) mass is 279 g/mol. The average Bonchev–Trinajstić information content (AvgIpc) is 2.40. The third kappa shape index (κ3) is 1.52. The van der Waals surface area contributed by atoms with Gasteiger partial charge in [0.15, 0.2) is 0 Å². The maximum Gasteiger partial charge on any atom is 0.0223 e. The summed E-state index contributed by atoms with van der Waals surface area (Å²) in [5.41, 5.74) is 0. The zero-order valence-electron chi connectivity index (χ0n) is 7.80. The molecule has 0 radical (unpaired) electrons. The summed E-state index contributed by atoms with van der Waals surface area (Å²) in [6.45, 7) is 3.71. The van der Waals surface area contributed by atoms with E-state index in [1.54, 1.807) is 0 Å². The lowest BCUT2D eigenvalue weighted by Gasteiger charge is -2.28. The van der Waals surface area contributed by atoms with Gasteiger partial charge in [0, 0.05) is 35.5 Å². The van der Waals surface area contributed by atoms with Crippen LogP contribution < -0.4 is 0 Å². The number of hydrogen-bond acceptors (Lipinski definition) is 1. The van der Waals surface area contributed by atoms with Crippen LogP contribution in [0.3, 0.4) is 0 Å². The predicted octanol–water partition coefficient (Wildman–Crippen LogP) is 3.24. The molecule has 0 aromatic heterocycles. The van der Waals surface area contributed by atoms with Crippen molar-refractivity contribution in [3.8, 4) is 0 Å². The number of fused-ring (bicyclic) bond motifs is 1. The Kier molecular flexibility index (Phi) is 2.95. The molecule has 1 saturated heterocycles. The number of rotatable bonds is 1. The van der Waals surface area contributed by atoms with E-state index in [9.17, 15) is 0 Å². The van der Waals surface area contributed by atoms with E-state index in [1.807, 2.05) is 0 Å². The van der Waals surface area contributed by atoms with E-state index in [2.05, 4.69) is 32.9 Å². The van der Waals surface area contributed by atoms with Crippen molar-refractivity contribution in [2.45, 2.75) is 45.1 Å². The van der Waals surface area contributed by atoms with Gasteiger partial charge in [0.25, 0.3) is 0 Å². The van der Waals surface area contributed by atoms with E-state index in [0.29, 0.717) is 0 Å². The molecule has 1 aliphatic carbocycles. The second kappa shape index (κ2) is 3.82. The van der Waals surface area contributed by atoms with Crippen molar-refractivity contribution >= 4 is 22.9 Å². The van der Waals surface area contributed by atoms with Crippen molar-refractivity contribution in [2.24, 2.45) is 11.8 Å². The fourth-order valence-electron chi connectivity index (χ4n) is 3.04. The Hall–Kier alpha value is 0.690. The summed E-state index contributed by atoms with van der Waals surface area (Å²) in [5.74, 6) is 2.08.